The Balaban J connectivity index is 2.04. The molecule has 212 valence electrons. The van der Waals surface area contributed by atoms with Crippen LogP contribution in [0.15, 0.2) is 83.8 Å². The second kappa shape index (κ2) is 13.2. The van der Waals surface area contributed by atoms with Gasteiger partial charge < -0.3 is 10.2 Å². The molecule has 0 aromatic heterocycles. The molecule has 0 radical (unpaired) electrons. The molecule has 0 aliphatic heterocycles. The first-order chi connectivity index (χ1) is 18.9. The predicted octanol–water partition coefficient (Wildman–Crippen LogP) is 4.26. The zero-order chi connectivity index (χ0) is 29.4. The summed E-state index contributed by atoms with van der Waals surface area (Å²) in [5, 5.41) is 14.0. The largest absolute Gasteiger partial charge is 0.352 e. The highest BCUT2D eigenvalue weighted by Gasteiger charge is 2.33. The zero-order valence-electron chi connectivity index (χ0n) is 22.4. The molecule has 0 unspecified atom stereocenters. The van der Waals surface area contributed by atoms with E-state index in [0.29, 0.717) is 6.42 Å². The number of nitro groups is 1. The van der Waals surface area contributed by atoms with Crippen molar-refractivity contribution in [1.29, 1.82) is 0 Å². The molecule has 1 N–H and O–H groups in total. The number of nitrogens with one attached hydrogen (secondary N) is 1. The first kappa shape index (κ1) is 30.2. The van der Waals surface area contributed by atoms with Crippen molar-refractivity contribution in [1.82, 2.24) is 10.2 Å². The van der Waals surface area contributed by atoms with E-state index in [1.54, 1.807) is 19.1 Å². The molecule has 0 saturated heterocycles. The molecular weight excluding hydrogens is 539 g/mol. The smallest absolute Gasteiger partial charge is 0.269 e. The third-order valence-electron chi connectivity index (χ3n) is 6.43. The van der Waals surface area contributed by atoms with Crippen LogP contribution >= 0.6 is 0 Å². The monoisotopic (exact) mass is 570 g/mol. The third kappa shape index (κ3) is 7.20. The van der Waals surface area contributed by atoms with E-state index in [4.69, 9.17) is 0 Å². The summed E-state index contributed by atoms with van der Waals surface area (Å²) in [5.41, 5.74) is -0.110. The first-order valence-electron chi connectivity index (χ1n) is 12.6. The highest BCUT2D eigenvalue weighted by atomic mass is 32.2. The average molecular weight is 571 g/mol. The van der Waals surface area contributed by atoms with Gasteiger partial charge in [0.2, 0.25) is 11.8 Å². The van der Waals surface area contributed by atoms with E-state index < -0.39 is 45.2 Å². The third-order valence-corrected chi connectivity index (χ3v) is 8.21. The summed E-state index contributed by atoms with van der Waals surface area (Å²) in [6.07, 6.45) is 0.642. The maximum Gasteiger partial charge on any atom is 0.269 e. The minimum Gasteiger partial charge on any atom is -0.352 e. The number of non-ortho nitro benzene ring substituents is 1. The van der Waals surface area contributed by atoms with Crippen molar-refractivity contribution in [2.75, 3.05) is 10.8 Å². The molecule has 0 aliphatic rings. The summed E-state index contributed by atoms with van der Waals surface area (Å²) in [7, 11) is -4.32. The van der Waals surface area contributed by atoms with E-state index in [2.05, 4.69) is 5.32 Å². The molecule has 0 heterocycles. The lowest BCUT2D eigenvalue weighted by atomic mass is 10.1. The summed E-state index contributed by atoms with van der Waals surface area (Å²) < 4.78 is 42.8. The van der Waals surface area contributed by atoms with Crippen LogP contribution in [0.3, 0.4) is 0 Å². The number of carbonyl (C=O) groups is 2. The van der Waals surface area contributed by atoms with Gasteiger partial charge in [0.05, 0.1) is 15.5 Å². The molecule has 3 aromatic carbocycles. The normalized spacial score (nSPS) is 12.7. The fraction of sp³-hybridized carbons (Fsp3) is 0.286. The van der Waals surface area contributed by atoms with Crippen molar-refractivity contribution in [3.63, 3.8) is 0 Å². The highest BCUT2D eigenvalue weighted by Crippen LogP contribution is 2.26. The quantitative estimate of drug-likeness (QED) is 0.256. The van der Waals surface area contributed by atoms with Crippen molar-refractivity contribution in [3.8, 4) is 0 Å². The molecule has 2 amide bonds. The first-order valence-corrected chi connectivity index (χ1v) is 14.0. The highest BCUT2D eigenvalue weighted by molar-refractivity contribution is 7.92. The standard InChI is InChI=1S/C28H31FN4O6S/c1-4-20(2)30-28(35)21(3)31(18-22-10-8-9-13-26(22)29)27(34)19-32(23-14-16-24(17-15-23)33(36)37)40(38,39)25-11-6-5-7-12-25/h5-17,20-21H,4,18-19H2,1-3H3,(H,30,35)/t20-,21+/m1/s1. The summed E-state index contributed by atoms with van der Waals surface area (Å²) in [4.78, 5) is 38.4. The summed E-state index contributed by atoms with van der Waals surface area (Å²) >= 11 is 0. The molecule has 3 aromatic rings. The van der Waals surface area contributed by atoms with Crippen LogP contribution in [0, 0.1) is 15.9 Å². The van der Waals surface area contributed by atoms with Crippen LogP contribution in [-0.4, -0.2) is 48.7 Å². The second-order valence-corrected chi connectivity index (χ2v) is 11.1. The number of anilines is 1. The number of rotatable bonds is 12. The van der Waals surface area contributed by atoms with Crippen molar-refractivity contribution in [2.45, 2.75) is 50.7 Å². The Hall–Kier alpha value is -4.32. The molecule has 0 saturated carbocycles. The molecule has 0 bridgehead atoms. The molecular formula is C28H31FN4O6S. The van der Waals surface area contributed by atoms with E-state index in [0.717, 1.165) is 21.3 Å². The van der Waals surface area contributed by atoms with Gasteiger partial charge in [-0.25, -0.2) is 12.8 Å². The SMILES string of the molecule is CC[C@@H](C)NC(=O)[C@H](C)N(Cc1ccccc1F)C(=O)CN(c1ccc([N+](=O)[O-])cc1)S(=O)(=O)c1ccccc1. The van der Waals surface area contributed by atoms with Crippen molar-refractivity contribution < 1.29 is 27.3 Å². The molecule has 40 heavy (non-hydrogen) atoms. The molecule has 2 atom stereocenters. The van der Waals surface area contributed by atoms with Gasteiger partial charge in [0, 0.05) is 30.3 Å². The summed E-state index contributed by atoms with van der Waals surface area (Å²) in [5.74, 6) is -1.83. The van der Waals surface area contributed by atoms with Gasteiger partial charge in [-0.05, 0) is 50.6 Å². The van der Waals surface area contributed by atoms with E-state index in [-0.39, 0.29) is 34.4 Å². The Morgan fingerprint density at radius 3 is 2.15 bits per heavy atom. The van der Waals surface area contributed by atoms with Gasteiger partial charge in [-0.2, -0.15) is 0 Å². The minimum absolute atomic E-state index is 0.00496. The number of hydrogen-bond donors (Lipinski definition) is 1. The van der Waals surface area contributed by atoms with Crippen molar-refractivity contribution in [2.24, 2.45) is 0 Å². The lowest BCUT2D eigenvalue weighted by Gasteiger charge is -2.32. The van der Waals surface area contributed by atoms with Crippen molar-refractivity contribution >= 4 is 33.2 Å². The number of amides is 2. The van der Waals surface area contributed by atoms with Crippen LogP contribution in [0.2, 0.25) is 0 Å². The van der Waals surface area contributed by atoms with Gasteiger partial charge in [0.15, 0.2) is 0 Å². The Bertz CT molecular complexity index is 1450. The lowest BCUT2D eigenvalue weighted by Crippen LogP contribution is -2.52. The Kier molecular flexibility index (Phi) is 9.94. The summed E-state index contributed by atoms with van der Waals surface area (Å²) in [6.45, 7) is 4.13. The Labute approximate surface area is 232 Å². The van der Waals surface area contributed by atoms with Gasteiger partial charge in [0.25, 0.3) is 15.7 Å². The second-order valence-electron chi connectivity index (χ2n) is 9.21. The van der Waals surface area contributed by atoms with E-state index in [1.807, 2.05) is 6.92 Å². The molecule has 0 aliphatic carbocycles. The van der Waals surface area contributed by atoms with Crippen LogP contribution in [0.5, 0.6) is 0 Å². The maximum absolute atomic E-state index is 14.6. The molecule has 12 heteroatoms. The van der Waals surface area contributed by atoms with E-state index in [9.17, 15) is 32.5 Å². The van der Waals surface area contributed by atoms with Crippen molar-refractivity contribution in [3.05, 3.63) is 100 Å². The van der Waals surface area contributed by atoms with E-state index in [1.165, 1.54) is 61.5 Å². The number of sulfonamides is 1. The number of nitro benzene ring substituents is 1. The Morgan fingerprint density at radius 2 is 1.57 bits per heavy atom. The fourth-order valence-corrected chi connectivity index (χ4v) is 5.28. The zero-order valence-corrected chi connectivity index (χ0v) is 23.2. The van der Waals surface area contributed by atoms with Gasteiger partial charge >= 0.3 is 0 Å². The van der Waals surface area contributed by atoms with Crippen LogP contribution in [-0.2, 0) is 26.2 Å². The van der Waals surface area contributed by atoms with Gasteiger partial charge in [-0.1, -0.05) is 43.3 Å². The van der Waals surface area contributed by atoms with Crippen LogP contribution in [0.1, 0.15) is 32.8 Å². The molecule has 3 rings (SSSR count). The lowest BCUT2D eigenvalue weighted by molar-refractivity contribution is -0.384. The maximum atomic E-state index is 14.6. The Morgan fingerprint density at radius 1 is 0.975 bits per heavy atom. The average Bonchev–Trinajstić information content (AvgIpc) is 2.95. The van der Waals surface area contributed by atoms with Crippen LogP contribution in [0.4, 0.5) is 15.8 Å². The molecule has 10 nitrogen and oxygen atoms in total. The molecule has 0 fully saturated rings. The van der Waals surface area contributed by atoms with Crippen LogP contribution in [0.25, 0.3) is 0 Å². The van der Waals surface area contributed by atoms with Gasteiger partial charge in [0.1, 0.15) is 18.4 Å². The number of carbonyl (C=O) groups excluding carboxylic acids is 2. The number of nitrogens with zero attached hydrogens (tertiary/aromatic N) is 3. The predicted molar refractivity (Wildman–Crippen MR) is 148 cm³/mol. The number of benzene rings is 3. The molecule has 0 spiro atoms. The number of hydrogen-bond acceptors (Lipinski definition) is 6. The van der Waals surface area contributed by atoms with E-state index >= 15 is 0 Å². The fourth-order valence-electron chi connectivity index (χ4n) is 3.85. The van der Waals surface area contributed by atoms with Gasteiger partial charge in [-0.3, -0.25) is 24.0 Å². The minimum atomic E-state index is -4.32. The number of halogens is 1. The van der Waals surface area contributed by atoms with Crippen LogP contribution < -0.4 is 9.62 Å². The summed E-state index contributed by atoms with van der Waals surface area (Å²) in [6, 6.07) is 16.6. The van der Waals surface area contributed by atoms with Gasteiger partial charge in [-0.15, -0.1) is 0 Å². The topological polar surface area (TPSA) is 130 Å².